The van der Waals surface area contributed by atoms with Gasteiger partial charge in [-0.1, -0.05) is 97.1 Å². The van der Waals surface area contributed by atoms with Crippen LogP contribution < -0.4 is 4.74 Å². The fraction of sp³-hybridized carbons (Fsp3) is 0.194. The Kier molecular flexibility index (Phi) is 8.94. The van der Waals surface area contributed by atoms with Gasteiger partial charge in [0.2, 0.25) is 15.9 Å². The van der Waals surface area contributed by atoms with Gasteiger partial charge in [0.1, 0.15) is 10.6 Å². The van der Waals surface area contributed by atoms with E-state index in [1.165, 1.54) is 11.4 Å². The highest BCUT2D eigenvalue weighted by Gasteiger charge is 2.31. The molecular formula is C31H32N2O4S. The van der Waals surface area contributed by atoms with E-state index in [4.69, 9.17) is 4.74 Å². The Hall–Kier alpha value is -3.94. The number of carbonyl (C=O) groups is 1. The summed E-state index contributed by atoms with van der Waals surface area (Å²) in [4.78, 5) is 15.6. The highest BCUT2D eigenvalue weighted by atomic mass is 32.2. The summed E-state index contributed by atoms with van der Waals surface area (Å²) in [5, 5.41) is 0. The topological polar surface area (TPSA) is 66.9 Å². The zero-order chi connectivity index (χ0) is 27.0. The molecule has 4 aromatic carbocycles. The Morgan fingerprint density at radius 2 is 1.18 bits per heavy atom. The van der Waals surface area contributed by atoms with Crippen molar-refractivity contribution in [3.05, 3.63) is 131 Å². The van der Waals surface area contributed by atoms with Crippen LogP contribution in [-0.4, -0.2) is 37.2 Å². The van der Waals surface area contributed by atoms with E-state index in [1.54, 1.807) is 23.1 Å². The predicted molar refractivity (Wildman–Crippen MR) is 149 cm³/mol. The first-order chi connectivity index (χ1) is 18.4. The second kappa shape index (κ2) is 12.5. The van der Waals surface area contributed by atoms with Crippen molar-refractivity contribution >= 4 is 15.9 Å². The average Bonchev–Trinajstić information content (AvgIpc) is 2.94. The van der Waals surface area contributed by atoms with E-state index in [1.807, 2.05) is 97.9 Å². The summed E-state index contributed by atoms with van der Waals surface area (Å²) in [7, 11) is -2.64. The van der Waals surface area contributed by atoms with Gasteiger partial charge in [0.15, 0.2) is 0 Å². The van der Waals surface area contributed by atoms with Crippen molar-refractivity contribution in [2.75, 3.05) is 13.7 Å². The van der Waals surface area contributed by atoms with Crippen LogP contribution in [0.5, 0.6) is 5.75 Å². The number of benzene rings is 4. The van der Waals surface area contributed by atoms with E-state index in [-0.39, 0.29) is 29.6 Å². The summed E-state index contributed by atoms with van der Waals surface area (Å²) in [5.41, 5.74) is 3.50. The summed E-state index contributed by atoms with van der Waals surface area (Å²) >= 11 is 0. The molecule has 0 aliphatic rings. The van der Waals surface area contributed by atoms with Gasteiger partial charge in [-0.05, 0) is 41.3 Å². The van der Waals surface area contributed by atoms with Crippen molar-refractivity contribution in [3.63, 3.8) is 0 Å². The molecule has 0 spiro atoms. The largest absolute Gasteiger partial charge is 0.495 e. The predicted octanol–water partition coefficient (Wildman–Crippen LogP) is 5.42. The van der Waals surface area contributed by atoms with Crippen molar-refractivity contribution in [2.24, 2.45) is 0 Å². The monoisotopic (exact) mass is 528 g/mol. The third-order valence-corrected chi connectivity index (χ3v) is 8.05. The maximum atomic E-state index is 14.0. The number of methoxy groups -OCH3 is 1. The molecular weight excluding hydrogens is 496 g/mol. The molecule has 6 nitrogen and oxygen atoms in total. The van der Waals surface area contributed by atoms with Gasteiger partial charge in [-0.2, -0.15) is 4.31 Å². The standard InChI is InChI=1S/C31H32N2O4S/c1-25-18-19-29(37-2)30(20-25)38(35,36)33(23-28-16-10-5-11-17-28)24-31(34)32(21-26-12-6-3-7-13-26)22-27-14-8-4-9-15-27/h3-20H,21-24H2,1-2H3. The van der Waals surface area contributed by atoms with Crippen LogP contribution in [0, 0.1) is 6.92 Å². The summed E-state index contributed by atoms with van der Waals surface area (Å²) < 4.78 is 34.7. The normalized spacial score (nSPS) is 11.3. The Balaban J connectivity index is 1.69. The third-order valence-electron chi connectivity index (χ3n) is 6.24. The lowest BCUT2D eigenvalue weighted by atomic mass is 10.1. The number of hydrogen-bond donors (Lipinski definition) is 0. The fourth-order valence-electron chi connectivity index (χ4n) is 4.23. The quantitative estimate of drug-likeness (QED) is 0.261. The van der Waals surface area contributed by atoms with Gasteiger partial charge < -0.3 is 9.64 Å². The van der Waals surface area contributed by atoms with Gasteiger partial charge in [-0.15, -0.1) is 0 Å². The molecule has 0 fully saturated rings. The second-order valence-corrected chi connectivity index (χ2v) is 11.0. The van der Waals surface area contributed by atoms with E-state index >= 15 is 0 Å². The lowest BCUT2D eigenvalue weighted by molar-refractivity contribution is -0.132. The Bertz CT molecular complexity index is 1400. The molecule has 0 radical (unpaired) electrons. The van der Waals surface area contributed by atoms with Crippen LogP contribution in [-0.2, 0) is 34.5 Å². The van der Waals surface area contributed by atoms with Crippen LogP contribution in [0.2, 0.25) is 0 Å². The molecule has 0 saturated heterocycles. The summed E-state index contributed by atoms with van der Waals surface area (Å²) in [6.45, 7) is 2.29. The molecule has 0 saturated carbocycles. The van der Waals surface area contributed by atoms with Gasteiger partial charge in [0.05, 0.1) is 13.7 Å². The molecule has 1 amide bonds. The van der Waals surface area contributed by atoms with Crippen molar-refractivity contribution in [1.82, 2.24) is 9.21 Å². The van der Waals surface area contributed by atoms with Crippen molar-refractivity contribution in [1.29, 1.82) is 0 Å². The van der Waals surface area contributed by atoms with Crippen LogP contribution in [0.1, 0.15) is 22.3 Å². The first-order valence-electron chi connectivity index (χ1n) is 12.4. The van der Waals surface area contributed by atoms with E-state index in [9.17, 15) is 13.2 Å². The Labute approximate surface area is 225 Å². The number of hydrogen-bond acceptors (Lipinski definition) is 4. The summed E-state index contributed by atoms with van der Waals surface area (Å²) in [5.74, 6) is -0.0460. The molecule has 0 N–H and O–H groups in total. The molecule has 0 bridgehead atoms. The van der Waals surface area contributed by atoms with Gasteiger partial charge >= 0.3 is 0 Å². The highest BCUT2D eigenvalue weighted by Crippen LogP contribution is 2.29. The van der Waals surface area contributed by atoms with E-state index in [2.05, 4.69) is 0 Å². The average molecular weight is 529 g/mol. The van der Waals surface area contributed by atoms with E-state index < -0.39 is 10.0 Å². The molecule has 7 heteroatoms. The summed E-state index contributed by atoms with van der Waals surface area (Å²) in [6, 6.07) is 33.7. The van der Waals surface area contributed by atoms with Crippen LogP contribution in [0.3, 0.4) is 0 Å². The number of sulfonamides is 1. The second-order valence-electron chi connectivity index (χ2n) is 9.13. The first-order valence-corrected chi connectivity index (χ1v) is 13.8. The minimum Gasteiger partial charge on any atom is -0.495 e. The lowest BCUT2D eigenvalue weighted by Gasteiger charge is -2.28. The van der Waals surface area contributed by atoms with Crippen molar-refractivity contribution < 1.29 is 17.9 Å². The third kappa shape index (κ3) is 6.88. The van der Waals surface area contributed by atoms with Crippen LogP contribution in [0.25, 0.3) is 0 Å². The van der Waals surface area contributed by atoms with Gasteiger partial charge in [-0.3, -0.25) is 4.79 Å². The fourth-order valence-corrected chi connectivity index (χ4v) is 5.85. The molecule has 0 unspecified atom stereocenters. The zero-order valence-corrected chi connectivity index (χ0v) is 22.5. The SMILES string of the molecule is COc1ccc(C)cc1S(=O)(=O)N(CC(=O)N(Cc1ccccc1)Cc1ccccc1)Cc1ccccc1. The highest BCUT2D eigenvalue weighted by molar-refractivity contribution is 7.89. The Morgan fingerprint density at radius 3 is 1.66 bits per heavy atom. The molecule has 0 aliphatic heterocycles. The Morgan fingerprint density at radius 1 is 0.711 bits per heavy atom. The van der Waals surface area contributed by atoms with Crippen molar-refractivity contribution in [3.8, 4) is 5.75 Å². The molecule has 196 valence electrons. The van der Waals surface area contributed by atoms with E-state index in [0.29, 0.717) is 13.1 Å². The van der Waals surface area contributed by atoms with Crippen LogP contribution >= 0.6 is 0 Å². The first kappa shape index (κ1) is 27.1. The summed E-state index contributed by atoms with van der Waals surface area (Å²) in [6.07, 6.45) is 0. The van der Waals surface area contributed by atoms with Gasteiger partial charge in [0.25, 0.3) is 0 Å². The molecule has 0 aromatic heterocycles. The maximum absolute atomic E-state index is 14.0. The van der Waals surface area contributed by atoms with Gasteiger partial charge in [0, 0.05) is 19.6 Å². The molecule has 0 aliphatic carbocycles. The molecule has 0 heterocycles. The molecule has 38 heavy (non-hydrogen) atoms. The minimum atomic E-state index is -4.08. The van der Waals surface area contributed by atoms with E-state index in [0.717, 1.165) is 22.3 Å². The molecule has 4 aromatic rings. The molecule has 4 rings (SSSR count). The van der Waals surface area contributed by atoms with Crippen LogP contribution in [0.4, 0.5) is 0 Å². The number of nitrogens with zero attached hydrogens (tertiary/aromatic N) is 2. The zero-order valence-electron chi connectivity index (χ0n) is 21.7. The minimum absolute atomic E-state index is 0.0430. The smallest absolute Gasteiger partial charge is 0.247 e. The van der Waals surface area contributed by atoms with Gasteiger partial charge in [-0.25, -0.2) is 8.42 Å². The van der Waals surface area contributed by atoms with Crippen LogP contribution in [0.15, 0.2) is 114 Å². The van der Waals surface area contributed by atoms with Crippen molar-refractivity contribution in [2.45, 2.75) is 31.5 Å². The number of amides is 1. The lowest BCUT2D eigenvalue weighted by Crippen LogP contribution is -2.42. The number of ether oxygens (including phenoxy) is 1. The molecule has 0 atom stereocenters. The maximum Gasteiger partial charge on any atom is 0.247 e. The number of carbonyl (C=O) groups excluding carboxylic acids is 1. The number of rotatable bonds is 11. The number of aryl methyl sites for hydroxylation is 1.